The molecule has 0 heterocycles. The lowest BCUT2D eigenvalue weighted by atomic mass is 10.2. The van der Waals surface area contributed by atoms with Gasteiger partial charge in [0.25, 0.3) is 0 Å². The lowest BCUT2D eigenvalue weighted by Crippen LogP contribution is -2.01. The molecular formula is C8H5Br2F3O. The average molecular weight is 334 g/mol. The van der Waals surface area contributed by atoms with Crippen molar-refractivity contribution in [2.75, 3.05) is 7.11 Å². The van der Waals surface area contributed by atoms with E-state index in [9.17, 15) is 13.2 Å². The summed E-state index contributed by atoms with van der Waals surface area (Å²) in [5.41, 5.74) is -0.0572. The summed E-state index contributed by atoms with van der Waals surface area (Å²) in [7, 11) is 1.33. The normalized spacial score (nSPS) is 10.7. The molecule has 1 aromatic rings. The van der Waals surface area contributed by atoms with Gasteiger partial charge in [-0.15, -0.1) is 0 Å². The van der Waals surface area contributed by atoms with Gasteiger partial charge in [0.2, 0.25) is 0 Å². The maximum absolute atomic E-state index is 13.3. The molecule has 6 heteroatoms. The molecule has 1 nitrogen and oxygen atoms in total. The van der Waals surface area contributed by atoms with Crippen molar-refractivity contribution in [3.63, 3.8) is 0 Å². The van der Waals surface area contributed by atoms with Crippen molar-refractivity contribution >= 4 is 31.9 Å². The Kier molecular flexibility index (Phi) is 3.97. The topological polar surface area (TPSA) is 9.23 Å². The van der Waals surface area contributed by atoms with Gasteiger partial charge in [0, 0.05) is 12.7 Å². The first kappa shape index (κ1) is 12.0. The fourth-order valence-electron chi connectivity index (χ4n) is 0.921. The predicted molar refractivity (Wildman–Crippen MR) is 52.4 cm³/mol. The molecule has 1 aromatic carbocycles. The van der Waals surface area contributed by atoms with Crippen LogP contribution in [0.3, 0.4) is 0 Å². The van der Waals surface area contributed by atoms with Crippen LogP contribution in [0.4, 0.5) is 13.2 Å². The molecule has 0 saturated heterocycles. The van der Waals surface area contributed by atoms with Gasteiger partial charge in [-0.05, 0) is 31.9 Å². The number of ether oxygens (including phenoxy) is 1. The van der Waals surface area contributed by atoms with Crippen LogP contribution in [0.2, 0.25) is 0 Å². The Morgan fingerprint density at radius 3 is 2.00 bits per heavy atom. The van der Waals surface area contributed by atoms with Crippen LogP contribution in [-0.4, -0.2) is 7.11 Å². The van der Waals surface area contributed by atoms with Crippen LogP contribution in [0, 0.1) is 17.5 Å². The summed E-state index contributed by atoms with van der Waals surface area (Å²) in [5.74, 6) is -3.25. The summed E-state index contributed by atoms with van der Waals surface area (Å²) >= 11 is 5.38. The molecule has 0 N–H and O–H groups in total. The van der Waals surface area contributed by atoms with Crippen LogP contribution in [0.15, 0.2) is 8.95 Å². The fraction of sp³-hybridized carbons (Fsp3) is 0.250. The molecule has 0 saturated carbocycles. The number of hydrogen-bond donors (Lipinski definition) is 0. The van der Waals surface area contributed by atoms with E-state index in [0.717, 1.165) is 0 Å². The van der Waals surface area contributed by atoms with Crippen molar-refractivity contribution in [2.45, 2.75) is 6.61 Å². The van der Waals surface area contributed by atoms with E-state index in [0.29, 0.717) is 0 Å². The van der Waals surface area contributed by atoms with Crippen molar-refractivity contribution < 1.29 is 17.9 Å². The lowest BCUT2D eigenvalue weighted by Gasteiger charge is -2.08. The van der Waals surface area contributed by atoms with E-state index in [4.69, 9.17) is 0 Å². The Morgan fingerprint density at radius 1 is 1.00 bits per heavy atom. The SMILES string of the molecule is COCc1c(F)c(Br)c(F)c(F)c1Br. The molecule has 0 fully saturated rings. The third-order valence-electron chi connectivity index (χ3n) is 1.59. The minimum absolute atomic E-state index is 0.0572. The first-order valence-corrected chi connectivity index (χ1v) is 5.08. The Labute approximate surface area is 95.5 Å². The second kappa shape index (κ2) is 4.63. The van der Waals surface area contributed by atoms with Gasteiger partial charge in [0.1, 0.15) is 5.82 Å². The van der Waals surface area contributed by atoms with Crippen molar-refractivity contribution in [1.82, 2.24) is 0 Å². The number of methoxy groups -OCH3 is 1. The van der Waals surface area contributed by atoms with Crippen molar-refractivity contribution in [3.05, 3.63) is 32.0 Å². The molecule has 0 bridgehead atoms. The fourth-order valence-corrected chi connectivity index (χ4v) is 1.80. The highest BCUT2D eigenvalue weighted by Gasteiger charge is 2.21. The van der Waals surface area contributed by atoms with Gasteiger partial charge in [-0.1, -0.05) is 0 Å². The molecule has 0 aliphatic heterocycles. The van der Waals surface area contributed by atoms with Gasteiger partial charge < -0.3 is 4.74 Å². The Morgan fingerprint density at radius 2 is 1.50 bits per heavy atom. The van der Waals surface area contributed by atoms with Crippen LogP contribution in [-0.2, 0) is 11.3 Å². The largest absolute Gasteiger partial charge is 0.380 e. The molecule has 0 radical (unpaired) electrons. The maximum atomic E-state index is 13.3. The molecule has 0 atom stereocenters. The molecule has 0 aliphatic rings. The number of rotatable bonds is 2. The molecule has 0 aliphatic carbocycles. The standard InChI is InChI=1S/C8H5Br2F3O/c1-14-2-3-4(9)7(12)8(13)5(10)6(3)11/h2H2,1H3. The monoisotopic (exact) mass is 332 g/mol. The quantitative estimate of drug-likeness (QED) is 0.591. The Hall–Kier alpha value is -0.0700. The van der Waals surface area contributed by atoms with Gasteiger partial charge in [0.15, 0.2) is 11.6 Å². The average Bonchev–Trinajstić information content (AvgIpc) is 2.19. The summed E-state index contributed by atoms with van der Waals surface area (Å²) < 4.78 is 43.2. The van der Waals surface area contributed by atoms with Gasteiger partial charge in [-0.3, -0.25) is 0 Å². The Balaban J connectivity index is 3.43. The van der Waals surface area contributed by atoms with Gasteiger partial charge in [-0.2, -0.15) is 0 Å². The number of hydrogen-bond acceptors (Lipinski definition) is 1. The third-order valence-corrected chi connectivity index (χ3v) is 3.11. The molecule has 0 amide bonds. The van der Waals surface area contributed by atoms with Crippen LogP contribution in [0.1, 0.15) is 5.56 Å². The minimum Gasteiger partial charge on any atom is -0.380 e. The molecule has 0 aromatic heterocycles. The summed E-state index contributed by atoms with van der Waals surface area (Å²) in [4.78, 5) is 0. The molecular weight excluding hydrogens is 329 g/mol. The maximum Gasteiger partial charge on any atom is 0.177 e. The molecule has 1 rings (SSSR count). The van der Waals surface area contributed by atoms with Crippen LogP contribution >= 0.6 is 31.9 Å². The van der Waals surface area contributed by atoms with E-state index in [1.807, 2.05) is 0 Å². The van der Waals surface area contributed by atoms with E-state index < -0.39 is 21.9 Å². The predicted octanol–water partition coefficient (Wildman–Crippen LogP) is 3.78. The van der Waals surface area contributed by atoms with E-state index in [1.165, 1.54) is 7.11 Å². The lowest BCUT2D eigenvalue weighted by molar-refractivity contribution is 0.180. The first-order valence-electron chi connectivity index (χ1n) is 3.50. The smallest absolute Gasteiger partial charge is 0.177 e. The minimum atomic E-state index is -1.26. The summed E-state index contributed by atoms with van der Waals surface area (Å²) in [5, 5.41) is 0. The summed E-state index contributed by atoms with van der Waals surface area (Å²) in [6.45, 7) is -0.137. The van der Waals surface area contributed by atoms with Crippen LogP contribution < -0.4 is 0 Å². The van der Waals surface area contributed by atoms with Gasteiger partial charge >= 0.3 is 0 Å². The number of halogens is 5. The zero-order valence-corrected chi connectivity index (χ0v) is 10.2. The summed E-state index contributed by atoms with van der Waals surface area (Å²) in [6.07, 6.45) is 0. The second-order valence-electron chi connectivity index (χ2n) is 2.48. The highest BCUT2D eigenvalue weighted by Crippen LogP contribution is 2.32. The van der Waals surface area contributed by atoms with Crippen LogP contribution in [0.5, 0.6) is 0 Å². The highest BCUT2D eigenvalue weighted by atomic mass is 79.9. The highest BCUT2D eigenvalue weighted by molar-refractivity contribution is 9.11. The third kappa shape index (κ3) is 1.97. The first-order chi connectivity index (χ1) is 6.50. The van der Waals surface area contributed by atoms with Crippen molar-refractivity contribution in [1.29, 1.82) is 0 Å². The zero-order valence-electron chi connectivity index (χ0n) is 7.01. The second-order valence-corrected chi connectivity index (χ2v) is 4.07. The summed E-state index contributed by atoms with van der Waals surface area (Å²) in [6, 6.07) is 0. The van der Waals surface area contributed by atoms with Crippen molar-refractivity contribution in [2.24, 2.45) is 0 Å². The molecule has 0 unspecified atom stereocenters. The van der Waals surface area contributed by atoms with E-state index in [1.54, 1.807) is 0 Å². The van der Waals surface area contributed by atoms with Crippen molar-refractivity contribution in [3.8, 4) is 0 Å². The van der Waals surface area contributed by atoms with E-state index >= 15 is 0 Å². The van der Waals surface area contributed by atoms with E-state index in [2.05, 4.69) is 36.6 Å². The van der Waals surface area contributed by atoms with Gasteiger partial charge in [0.05, 0.1) is 15.6 Å². The zero-order chi connectivity index (χ0) is 10.9. The van der Waals surface area contributed by atoms with E-state index in [-0.39, 0.29) is 16.6 Å². The van der Waals surface area contributed by atoms with Gasteiger partial charge in [-0.25, -0.2) is 13.2 Å². The number of benzene rings is 1. The molecule has 14 heavy (non-hydrogen) atoms. The molecule has 0 spiro atoms. The van der Waals surface area contributed by atoms with Crippen LogP contribution in [0.25, 0.3) is 0 Å². The Bertz CT molecular complexity index is 339. The molecule has 78 valence electrons.